The molecule has 0 spiro atoms. The Bertz CT molecular complexity index is 560. The Kier molecular flexibility index (Phi) is 5.49. The Morgan fingerprint density at radius 2 is 2.00 bits per heavy atom. The number of pyridine rings is 1. The molecule has 2 heterocycles. The molecule has 0 atom stereocenters. The topological polar surface area (TPSA) is 62.7 Å². The Hall–Kier alpha value is -1.25. The molecule has 0 aliphatic carbocycles. The van der Waals surface area contributed by atoms with E-state index >= 15 is 0 Å². The molecule has 118 valence electrons. The van der Waals surface area contributed by atoms with Crippen LogP contribution in [-0.4, -0.2) is 63.4 Å². The molecule has 0 aromatic carbocycles. The van der Waals surface area contributed by atoms with E-state index in [0.717, 1.165) is 0 Å². The van der Waals surface area contributed by atoms with E-state index in [1.165, 1.54) is 10.4 Å². The van der Waals surface area contributed by atoms with Crippen molar-refractivity contribution in [3.05, 3.63) is 24.1 Å². The van der Waals surface area contributed by atoms with Crippen LogP contribution in [-0.2, 0) is 14.8 Å². The van der Waals surface area contributed by atoms with Crippen LogP contribution >= 0.6 is 0 Å². The van der Waals surface area contributed by atoms with Crippen molar-refractivity contribution >= 4 is 15.8 Å². The maximum Gasteiger partial charge on any atom is 0.214 e. The average molecular weight is 317 g/mol. The first-order valence-electron chi connectivity index (χ1n) is 6.87. The summed E-state index contributed by atoms with van der Waals surface area (Å²) in [6, 6.07) is 4.62. The number of methoxy groups -OCH3 is 1. The van der Waals surface area contributed by atoms with E-state index in [-0.39, 0.29) is 5.75 Å². The summed E-state index contributed by atoms with van der Waals surface area (Å²) in [4.78, 5) is 5.71. The molecule has 0 N–H and O–H groups in total. The van der Waals surface area contributed by atoms with Crippen LogP contribution in [0.25, 0.3) is 0 Å². The van der Waals surface area contributed by atoms with E-state index in [1.54, 1.807) is 19.2 Å². The smallest absolute Gasteiger partial charge is 0.214 e. The second-order valence-electron chi connectivity index (χ2n) is 4.87. The zero-order valence-electron chi connectivity index (χ0n) is 12.0. The third-order valence-electron chi connectivity index (χ3n) is 3.41. The van der Waals surface area contributed by atoms with E-state index in [1.807, 2.05) is 4.90 Å². The number of hydrogen-bond acceptors (Lipinski definition) is 5. The van der Waals surface area contributed by atoms with Crippen LogP contribution in [0.15, 0.2) is 18.2 Å². The lowest BCUT2D eigenvalue weighted by atomic mass is 10.3. The van der Waals surface area contributed by atoms with Crippen molar-refractivity contribution in [2.75, 3.05) is 50.5 Å². The fourth-order valence-electron chi connectivity index (χ4n) is 2.28. The molecular weight excluding hydrogens is 297 g/mol. The number of halogens is 1. The van der Waals surface area contributed by atoms with Crippen molar-refractivity contribution in [3.8, 4) is 0 Å². The second-order valence-corrected chi connectivity index (χ2v) is 6.96. The second kappa shape index (κ2) is 7.15. The minimum Gasteiger partial charge on any atom is -0.385 e. The number of sulfonamides is 1. The van der Waals surface area contributed by atoms with Crippen molar-refractivity contribution in [3.63, 3.8) is 0 Å². The summed E-state index contributed by atoms with van der Waals surface area (Å²) in [6.45, 7) is 2.26. The van der Waals surface area contributed by atoms with Gasteiger partial charge >= 0.3 is 0 Å². The van der Waals surface area contributed by atoms with Gasteiger partial charge in [0, 0.05) is 39.9 Å². The largest absolute Gasteiger partial charge is 0.385 e. The Labute approximate surface area is 124 Å². The minimum absolute atomic E-state index is 0.0963. The summed E-state index contributed by atoms with van der Waals surface area (Å²) >= 11 is 0. The highest BCUT2D eigenvalue weighted by Crippen LogP contribution is 2.16. The van der Waals surface area contributed by atoms with Crippen molar-refractivity contribution in [1.29, 1.82) is 0 Å². The molecule has 2 rings (SSSR count). The maximum atomic E-state index is 13.1. The van der Waals surface area contributed by atoms with Crippen LogP contribution in [0.2, 0.25) is 0 Å². The van der Waals surface area contributed by atoms with Gasteiger partial charge in [0.25, 0.3) is 0 Å². The molecule has 0 saturated carbocycles. The van der Waals surface area contributed by atoms with Gasteiger partial charge in [-0.2, -0.15) is 8.70 Å². The highest BCUT2D eigenvalue weighted by molar-refractivity contribution is 7.89. The molecule has 21 heavy (non-hydrogen) atoms. The zero-order valence-corrected chi connectivity index (χ0v) is 12.9. The Morgan fingerprint density at radius 1 is 1.29 bits per heavy atom. The fraction of sp³-hybridized carbons (Fsp3) is 0.615. The van der Waals surface area contributed by atoms with Gasteiger partial charge in [-0.05, 0) is 18.6 Å². The monoisotopic (exact) mass is 317 g/mol. The Morgan fingerprint density at radius 3 is 2.62 bits per heavy atom. The van der Waals surface area contributed by atoms with Gasteiger partial charge in [-0.15, -0.1) is 0 Å². The third kappa shape index (κ3) is 4.36. The number of rotatable bonds is 6. The SMILES string of the molecule is COCCCS(=O)(=O)N1CCN(c2cccc(F)n2)CC1. The average Bonchev–Trinajstić information content (AvgIpc) is 2.47. The van der Waals surface area contributed by atoms with E-state index in [9.17, 15) is 12.8 Å². The summed E-state index contributed by atoms with van der Waals surface area (Å²) in [7, 11) is -1.68. The van der Waals surface area contributed by atoms with Gasteiger partial charge in [0.05, 0.1) is 5.75 Å². The lowest BCUT2D eigenvalue weighted by Crippen LogP contribution is -2.49. The first-order chi connectivity index (χ1) is 10.0. The predicted molar refractivity (Wildman–Crippen MR) is 78.3 cm³/mol. The molecule has 6 nitrogen and oxygen atoms in total. The van der Waals surface area contributed by atoms with Gasteiger partial charge in [0.1, 0.15) is 5.82 Å². The van der Waals surface area contributed by atoms with Crippen molar-refractivity contribution in [2.45, 2.75) is 6.42 Å². The van der Waals surface area contributed by atoms with E-state index < -0.39 is 16.0 Å². The first kappa shape index (κ1) is 16.1. The standard InChI is InChI=1S/C13H20FN3O3S/c1-20-10-3-11-21(18,19)17-8-6-16(7-9-17)13-5-2-4-12(14)15-13/h2,4-5H,3,6-11H2,1H3. The van der Waals surface area contributed by atoms with Crippen molar-refractivity contribution in [2.24, 2.45) is 0 Å². The van der Waals surface area contributed by atoms with Crippen LogP contribution in [0.5, 0.6) is 0 Å². The molecule has 0 unspecified atom stereocenters. The fourth-order valence-corrected chi connectivity index (χ4v) is 3.74. The van der Waals surface area contributed by atoms with E-state index in [2.05, 4.69) is 4.98 Å². The third-order valence-corrected chi connectivity index (χ3v) is 5.36. The minimum atomic E-state index is -3.24. The van der Waals surface area contributed by atoms with Crippen molar-refractivity contribution < 1.29 is 17.5 Å². The first-order valence-corrected chi connectivity index (χ1v) is 8.48. The van der Waals surface area contributed by atoms with Gasteiger partial charge in [-0.1, -0.05) is 6.07 Å². The molecule has 0 bridgehead atoms. The Balaban J connectivity index is 1.91. The molecule has 1 aliphatic heterocycles. The normalized spacial score (nSPS) is 17.1. The quantitative estimate of drug-likeness (QED) is 0.571. The van der Waals surface area contributed by atoms with Crippen LogP contribution < -0.4 is 4.90 Å². The van der Waals surface area contributed by atoms with Gasteiger partial charge < -0.3 is 9.64 Å². The lowest BCUT2D eigenvalue weighted by molar-refractivity contribution is 0.199. The highest BCUT2D eigenvalue weighted by Gasteiger charge is 2.27. The lowest BCUT2D eigenvalue weighted by Gasteiger charge is -2.34. The summed E-state index contributed by atoms with van der Waals surface area (Å²) in [5.74, 6) is 0.118. The number of aromatic nitrogens is 1. The van der Waals surface area contributed by atoms with Crippen molar-refractivity contribution in [1.82, 2.24) is 9.29 Å². The molecule has 1 saturated heterocycles. The summed E-state index contributed by atoms with van der Waals surface area (Å²) in [6.07, 6.45) is 0.491. The molecule has 8 heteroatoms. The van der Waals surface area contributed by atoms with Gasteiger partial charge in [-0.3, -0.25) is 0 Å². The van der Waals surface area contributed by atoms with E-state index in [0.29, 0.717) is 45.0 Å². The summed E-state index contributed by atoms with van der Waals surface area (Å²) < 4.78 is 43.7. The molecular formula is C13H20FN3O3S. The van der Waals surface area contributed by atoms with Crippen LogP contribution in [0.1, 0.15) is 6.42 Å². The molecule has 1 aliphatic rings. The van der Waals surface area contributed by atoms with Crippen LogP contribution in [0.3, 0.4) is 0 Å². The molecule has 0 radical (unpaired) electrons. The number of nitrogens with zero attached hydrogens (tertiary/aromatic N) is 3. The number of piperazine rings is 1. The zero-order chi connectivity index (χ0) is 15.3. The van der Waals surface area contributed by atoms with E-state index in [4.69, 9.17) is 4.74 Å². The summed E-state index contributed by atoms with van der Waals surface area (Å²) in [5.41, 5.74) is 0. The van der Waals surface area contributed by atoms with Gasteiger partial charge in [0.15, 0.2) is 0 Å². The number of ether oxygens (including phenoxy) is 1. The predicted octanol–water partition coefficient (Wildman–Crippen LogP) is 0.709. The van der Waals surface area contributed by atoms with Crippen LogP contribution in [0, 0.1) is 5.95 Å². The highest BCUT2D eigenvalue weighted by atomic mass is 32.2. The number of anilines is 1. The maximum absolute atomic E-state index is 13.1. The van der Waals surface area contributed by atoms with Crippen LogP contribution in [0.4, 0.5) is 10.2 Å². The summed E-state index contributed by atoms with van der Waals surface area (Å²) in [5, 5.41) is 0. The molecule has 1 aromatic rings. The van der Waals surface area contributed by atoms with Gasteiger partial charge in [-0.25, -0.2) is 13.4 Å². The molecule has 0 amide bonds. The molecule has 1 aromatic heterocycles. The number of hydrogen-bond donors (Lipinski definition) is 0. The molecule has 1 fully saturated rings. The van der Waals surface area contributed by atoms with Gasteiger partial charge in [0.2, 0.25) is 16.0 Å².